The van der Waals surface area contributed by atoms with E-state index in [-0.39, 0.29) is 5.43 Å². The van der Waals surface area contributed by atoms with Crippen LogP contribution in [-0.2, 0) is 9.47 Å². The molecule has 2 aromatic carbocycles. The SMILES string of the molecule is O=C(O)O.O=C(O)O.O=C1OC(=O)O1.O=c1c2ccccc2sc2ccccc12. The first-order valence-corrected chi connectivity index (χ1v) is 8.11. The lowest BCUT2D eigenvalue weighted by atomic mass is 10.2. The quantitative estimate of drug-likeness (QED) is 0.231. The molecule has 0 atom stereocenters. The molecule has 4 N–H and O–H groups in total. The Bertz CT molecular complexity index is 1000. The van der Waals surface area contributed by atoms with E-state index in [1.165, 1.54) is 0 Å². The molecule has 1 aromatic heterocycles. The third kappa shape index (κ3) is 7.92. The van der Waals surface area contributed by atoms with Crippen LogP contribution in [0.5, 0.6) is 0 Å². The molecule has 1 aliphatic rings. The van der Waals surface area contributed by atoms with Crippen molar-refractivity contribution in [3.05, 3.63) is 58.8 Å². The summed E-state index contributed by atoms with van der Waals surface area (Å²) in [6.45, 7) is 0. The van der Waals surface area contributed by atoms with Crippen molar-refractivity contribution in [1.82, 2.24) is 0 Å². The maximum atomic E-state index is 12.1. The summed E-state index contributed by atoms with van der Waals surface area (Å²) in [5.74, 6) is 0. The molecule has 0 aliphatic carbocycles. The molecule has 0 bridgehead atoms. The Kier molecular flexibility index (Phi) is 8.54. The van der Waals surface area contributed by atoms with Crippen LogP contribution in [0.15, 0.2) is 53.3 Å². The molecular formula is C17H12O11S. The summed E-state index contributed by atoms with van der Waals surface area (Å²) < 4.78 is 9.39. The summed E-state index contributed by atoms with van der Waals surface area (Å²) in [4.78, 5) is 48.1. The van der Waals surface area contributed by atoms with Gasteiger partial charge in [-0.2, -0.15) is 0 Å². The maximum absolute atomic E-state index is 12.1. The third-order valence-corrected chi connectivity index (χ3v) is 3.97. The molecule has 152 valence electrons. The number of cyclic esters (lactones) is 4. The minimum Gasteiger partial charge on any atom is -0.450 e. The molecular weight excluding hydrogens is 412 g/mol. The minimum absolute atomic E-state index is 0.139. The van der Waals surface area contributed by atoms with Gasteiger partial charge in [0.05, 0.1) is 0 Å². The highest BCUT2D eigenvalue weighted by Gasteiger charge is 2.27. The lowest BCUT2D eigenvalue weighted by molar-refractivity contribution is 0.00673. The van der Waals surface area contributed by atoms with Crippen molar-refractivity contribution in [2.45, 2.75) is 0 Å². The normalized spacial score (nSPS) is 11.0. The van der Waals surface area contributed by atoms with Gasteiger partial charge < -0.3 is 29.9 Å². The van der Waals surface area contributed by atoms with E-state index in [2.05, 4.69) is 9.47 Å². The van der Waals surface area contributed by atoms with Crippen LogP contribution in [0, 0.1) is 0 Å². The number of ether oxygens (including phenoxy) is 2. The van der Waals surface area contributed by atoms with Crippen LogP contribution in [0.2, 0.25) is 0 Å². The molecule has 12 heteroatoms. The molecule has 0 spiro atoms. The smallest absolute Gasteiger partial charge is 0.450 e. The van der Waals surface area contributed by atoms with Crippen LogP contribution in [0.3, 0.4) is 0 Å². The van der Waals surface area contributed by atoms with E-state index >= 15 is 0 Å². The second-order valence-electron chi connectivity index (χ2n) is 4.69. The summed E-state index contributed by atoms with van der Waals surface area (Å²) >= 11 is 1.67. The Labute approximate surface area is 164 Å². The molecule has 0 saturated carbocycles. The van der Waals surface area contributed by atoms with Crippen LogP contribution in [0.25, 0.3) is 20.2 Å². The zero-order chi connectivity index (χ0) is 22.0. The van der Waals surface area contributed by atoms with Gasteiger partial charge in [-0.3, -0.25) is 4.79 Å². The van der Waals surface area contributed by atoms with Crippen molar-refractivity contribution in [2.75, 3.05) is 0 Å². The highest BCUT2D eigenvalue weighted by Crippen LogP contribution is 2.23. The maximum Gasteiger partial charge on any atom is 0.528 e. The van der Waals surface area contributed by atoms with Crippen LogP contribution in [-0.4, -0.2) is 45.0 Å². The lowest BCUT2D eigenvalue weighted by Gasteiger charge is -2.05. The molecule has 0 unspecified atom stereocenters. The van der Waals surface area contributed by atoms with Crippen molar-refractivity contribution < 1.29 is 49.1 Å². The number of fused-ring (bicyclic) bond motifs is 2. The Balaban J connectivity index is 0.000000249. The monoisotopic (exact) mass is 424 g/mol. The predicted molar refractivity (Wildman–Crippen MR) is 99.9 cm³/mol. The number of carbonyl (C=O) groups excluding carboxylic acids is 2. The number of hydrogen-bond donors (Lipinski definition) is 4. The van der Waals surface area contributed by atoms with Gasteiger partial charge in [0, 0.05) is 20.2 Å². The second kappa shape index (κ2) is 10.8. The largest absolute Gasteiger partial charge is 0.528 e. The number of carbonyl (C=O) groups is 4. The lowest BCUT2D eigenvalue weighted by Crippen LogP contribution is -2.27. The van der Waals surface area contributed by atoms with Crippen molar-refractivity contribution in [3.8, 4) is 0 Å². The summed E-state index contributed by atoms with van der Waals surface area (Å²) in [5.41, 5.74) is 0.139. The first-order valence-electron chi connectivity index (χ1n) is 7.29. The molecule has 1 fully saturated rings. The zero-order valence-corrected chi connectivity index (χ0v) is 15.0. The van der Waals surface area contributed by atoms with Gasteiger partial charge >= 0.3 is 24.6 Å². The Morgan fingerprint density at radius 3 is 1.24 bits per heavy atom. The zero-order valence-electron chi connectivity index (χ0n) is 14.2. The van der Waals surface area contributed by atoms with Crippen molar-refractivity contribution in [3.63, 3.8) is 0 Å². The second-order valence-corrected chi connectivity index (χ2v) is 5.78. The standard InChI is InChI=1S/C13H8OS.C2O4.2CH2O3/c14-13-9-5-1-3-7-11(9)15-12-8-4-2-6-10(12)13;3-1-5-2(4)6-1;2*2-1(3)4/h1-8H;;2*(H2,2,3,4). The highest BCUT2D eigenvalue weighted by molar-refractivity contribution is 7.24. The van der Waals surface area contributed by atoms with Crippen molar-refractivity contribution in [2.24, 2.45) is 0 Å². The third-order valence-electron chi connectivity index (χ3n) is 2.82. The van der Waals surface area contributed by atoms with E-state index in [9.17, 15) is 14.4 Å². The minimum atomic E-state index is -1.83. The van der Waals surface area contributed by atoms with E-state index < -0.39 is 24.6 Å². The topological polar surface area (TPSA) is 185 Å². The molecule has 1 aliphatic heterocycles. The number of carboxylic acid groups (broad SMARTS) is 4. The average molecular weight is 424 g/mol. The van der Waals surface area contributed by atoms with Gasteiger partial charge in [-0.25, -0.2) is 19.2 Å². The van der Waals surface area contributed by atoms with Crippen LogP contribution in [0.1, 0.15) is 0 Å². The molecule has 3 aromatic rings. The van der Waals surface area contributed by atoms with E-state index in [0.29, 0.717) is 0 Å². The summed E-state index contributed by atoms with van der Waals surface area (Å²) in [5, 5.41) is 29.5. The molecule has 2 heterocycles. The molecule has 11 nitrogen and oxygen atoms in total. The van der Waals surface area contributed by atoms with Crippen molar-refractivity contribution >= 4 is 56.1 Å². The highest BCUT2D eigenvalue weighted by atomic mass is 32.1. The first-order chi connectivity index (χ1) is 13.6. The van der Waals surface area contributed by atoms with E-state index in [4.69, 9.17) is 30.0 Å². The van der Waals surface area contributed by atoms with Gasteiger partial charge in [0.2, 0.25) is 0 Å². The average Bonchev–Trinajstić information content (AvgIpc) is 2.61. The van der Waals surface area contributed by atoms with Crippen LogP contribution >= 0.6 is 11.3 Å². The number of rotatable bonds is 0. The molecule has 1 saturated heterocycles. The Hall–Kier alpha value is -4.19. The molecule has 29 heavy (non-hydrogen) atoms. The summed E-state index contributed by atoms with van der Waals surface area (Å²) in [6.07, 6.45) is -5.50. The number of benzene rings is 2. The molecule has 4 rings (SSSR count). The Morgan fingerprint density at radius 2 is 0.966 bits per heavy atom. The predicted octanol–water partition coefficient (Wildman–Crippen LogP) is 4.13. The first kappa shape index (κ1) is 22.9. The summed E-state index contributed by atoms with van der Waals surface area (Å²) in [7, 11) is 0. The fourth-order valence-corrected chi connectivity index (χ4v) is 2.97. The Morgan fingerprint density at radius 1 is 0.655 bits per heavy atom. The van der Waals surface area contributed by atoms with E-state index in [1.807, 2.05) is 48.5 Å². The molecule has 0 radical (unpaired) electrons. The summed E-state index contributed by atoms with van der Waals surface area (Å²) in [6, 6.07) is 15.5. The van der Waals surface area contributed by atoms with Gasteiger partial charge in [0.15, 0.2) is 5.43 Å². The molecule has 0 amide bonds. The van der Waals surface area contributed by atoms with Crippen LogP contribution < -0.4 is 5.43 Å². The van der Waals surface area contributed by atoms with Gasteiger partial charge in [0.1, 0.15) is 0 Å². The van der Waals surface area contributed by atoms with Crippen molar-refractivity contribution in [1.29, 1.82) is 0 Å². The van der Waals surface area contributed by atoms with Gasteiger partial charge in [-0.05, 0) is 24.3 Å². The van der Waals surface area contributed by atoms with Crippen LogP contribution in [0.4, 0.5) is 19.2 Å². The van der Waals surface area contributed by atoms with Gasteiger partial charge in [-0.1, -0.05) is 24.3 Å². The van der Waals surface area contributed by atoms with E-state index in [0.717, 1.165) is 20.2 Å². The number of hydrogen-bond acceptors (Lipinski definition) is 8. The fourth-order valence-electron chi connectivity index (χ4n) is 1.89. The van der Waals surface area contributed by atoms with Gasteiger partial charge in [-0.15, -0.1) is 11.3 Å². The fraction of sp³-hybridized carbons (Fsp3) is 0. The van der Waals surface area contributed by atoms with E-state index in [1.54, 1.807) is 11.3 Å². The van der Waals surface area contributed by atoms with Gasteiger partial charge in [0.25, 0.3) is 0 Å².